The fourth-order valence-corrected chi connectivity index (χ4v) is 1.13. The van der Waals surface area contributed by atoms with Crippen LogP contribution in [0.4, 0.5) is 19.1 Å². The molecule has 0 spiro atoms. The molecule has 0 saturated heterocycles. The van der Waals surface area contributed by atoms with E-state index in [-0.39, 0.29) is 18.9 Å². The lowest BCUT2D eigenvalue weighted by Crippen LogP contribution is -2.17. The van der Waals surface area contributed by atoms with Crippen molar-refractivity contribution in [3.05, 3.63) is 18.0 Å². The second-order valence-electron chi connectivity index (χ2n) is 3.72. The summed E-state index contributed by atoms with van der Waals surface area (Å²) in [6, 6.07) is 1.44. The largest absolute Gasteiger partial charge is 0.392 e. The third-order valence-corrected chi connectivity index (χ3v) is 1.93. The summed E-state index contributed by atoms with van der Waals surface area (Å²) < 4.78 is 36.0. The van der Waals surface area contributed by atoms with Crippen LogP contribution in [0.3, 0.4) is 0 Å². The molecule has 1 aromatic rings. The average molecular weight is 249 g/mol. The number of hydrogen-bond donors (Lipinski definition) is 2. The summed E-state index contributed by atoms with van der Waals surface area (Å²) in [4.78, 5) is 7.76. The van der Waals surface area contributed by atoms with Gasteiger partial charge in [-0.25, -0.2) is 9.97 Å². The van der Waals surface area contributed by atoms with E-state index in [0.29, 0.717) is 5.69 Å². The first kappa shape index (κ1) is 13.7. The van der Waals surface area contributed by atoms with Crippen LogP contribution in [-0.4, -0.2) is 33.9 Å². The van der Waals surface area contributed by atoms with Gasteiger partial charge >= 0.3 is 6.18 Å². The molecule has 96 valence electrons. The molecule has 1 aromatic heterocycles. The topological polar surface area (TPSA) is 58.0 Å². The van der Waals surface area contributed by atoms with Gasteiger partial charge < -0.3 is 10.4 Å². The molecule has 7 heteroatoms. The smallest absolute Gasteiger partial charge is 0.389 e. The van der Waals surface area contributed by atoms with E-state index in [1.807, 2.05) is 0 Å². The van der Waals surface area contributed by atoms with Crippen molar-refractivity contribution in [1.82, 2.24) is 9.97 Å². The summed E-state index contributed by atoms with van der Waals surface area (Å²) in [6.45, 7) is 1.84. The second-order valence-corrected chi connectivity index (χ2v) is 3.72. The van der Waals surface area contributed by atoms with Crippen molar-refractivity contribution >= 4 is 5.95 Å². The van der Waals surface area contributed by atoms with E-state index in [1.54, 1.807) is 6.92 Å². The highest BCUT2D eigenvalue weighted by molar-refractivity contribution is 5.25. The minimum atomic E-state index is -4.18. The Morgan fingerprint density at radius 2 is 2.18 bits per heavy atom. The lowest BCUT2D eigenvalue weighted by molar-refractivity contribution is -0.134. The molecule has 17 heavy (non-hydrogen) atoms. The fraction of sp³-hybridized carbons (Fsp3) is 0.600. The molecule has 0 aliphatic heterocycles. The number of aromatic nitrogens is 2. The molecule has 1 heterocycles. The zero-order valence-corrected chi connectivity index (χ0v) is 9.33. The standard InChI is InChI=1S/C10H14F3N3O/c1-7(17)6-15-9-14-5-3-8(16-9)2-4-10(11,12)13/h3,5,7,17H,2,4,6H2,1H3,(H,14,15,16)/t7-/m1/s1. The highest BCUT2D eigenvalue weighted by atomic mass is 19.4. The maximum Gasteiger partial charge on any atom is 0.389 e. The number of anilines is 1. The van der Waals surface area contributed by atoms with Crippen LogP contribution in [0, 0.1) is 0 Å². The van der Waals surface area contributed by atoms with Gasteiger partial charge in [-0.2, -0.15) is 13.2 Å². The molecule has 4 nitrogen and oxygen atoms in total. The van der Waals surface area contributed by atoms with Gasteiger partial charge in [-0.3, -0.25) is 0 Å². The lowest BCUT2D eigenvalue weighted by Gasteiger charge is -2.08. The van der Waals surface area contributed by atoms with Gasteiger partial charge in [0.25, 0.3) is 0 Å². The van der Waals surface area contributed by atoms with E-state index in [4.69, 9.17) is 5.11 Å². The van der Waals surface area contributed by atoms with E-state index < -0.39 is 18.7 Å². The van der Waals surface area contributed by atoms with E-state index in [1.165, 1.54) is 12.3 Å². The number of aliphatic hydroxyl groups excluding tert-OH is 1. The quantitative estimate of drug-likeness (QED) is 0.835. The van der Waals surface area contributed by atoms with Crippen LogP contribution < -0.4 is 5.32 Å². The summed E-state index contributed by atoms with van der Waals surface area (Å²) in [7, 11) is 0. The van der Waals surface area contributed by atoms with Gasteiger partial charge in [0.05, 0.1) is 6.10 Å². The average Bonchev–Trinajstić information content (AvgIpc) is 2.23. The Hall–Kier alpha value is -1.37. The molecular formula is C10H14F3N3O. The Bertz CT molecular complexity index is 355. The molecule has 0 unspecified atom stereocenters. The van der Waals surface area contributed by atoms with Crippen molar-refractivity contribution in [2.24, 2.45) is 0 Å². The number of nitrogens with zero attached hydrogens (tertiary/aromatic N) is 2. The molecule has 0 bridgehead atoms. The third kappa shape index (κ3) is 6.06. The zero-order valence-electron chi connectivity index (χ0n) is 9.33. The van der Waals surface area contributed by atoms with Crippen molar-refractivity contribution in [3.8, 4) is 0 Å². The first-order valence-corrected chi connectivity index (χ1v) is 5.17. The van der Waals surface area contributed by atoms with E-state index in [2.05, 4.69) is 15.3 Å². The second kappa shape index (κ2) is 5.81. The Morgan fingerprint density at radius 1 is 1.47 bits per heavy atom. The summed E-state index contributed by atoms with van der Waals surface area (Å²) >= 11 is 0. The van der Waals surface area contributed by atoms with E-state index >= 15 is 0 Å². The molecule has 0 aliphatic carbocycles. The van der Waals surface area contributed by atoms with Crippen molar-refractivity contribution < 1.29 is 18.3 Å². The van der Waals surface area contributed by atoms with Gasteiger partial charge in [0, 0.05) is 24.9 Å². The summed E-state index contributed by atoms with van der Waals surface area (Å²) in [5, 5.41) is 11.8. The summed E-state index contributed by atoms with van der Waals surface area (Å²) in [6.07, 6.45) is -4.44. The highest BCUT2D eigenvalue weighted by Crippen LogP contribution is 2.21. The SMILES string of the molecule is C[C@@H](O)CNc1nccc(CCC(F)(F)F)n1. The number of halogens is 3. The van der Waals surface area contributed by atoms with Crippen LogP contribution in [0.15, 0.2) is 12.3 Å². The number of hydrogen-bond acceptors (Lipinski definition) is 4. The molecule has 0 aliphatic rings. The number of aryl methyl sites for hydroxylation is 1. The molecule has 0 radical (unpaired) electrons. The predicted octanol–water partition coefficient (Wildman–Crippen LogP) is 1.76. The van der Waals surface area contributed by atoms with Crippen LogP contribution in [0.2, 0.25) is 0 Å². The molecule has 2 N–H and O–H groups in total. The maximum absolute atomic E-state index is 12.0. The Kier molecular flexibility index (Phi) is 4.68. The van der Waals surface area contributed by atoms with E-state index in [9.17, 15) is 13.2 Å². The normalized spacial score (nSPS) is 13.5. The number of alkyl halides is 3. The van der Waals surface area contributed by atoms with Crippen LogP contribution in [-0.2, 0) is 6.42 Å². The van der Waals surface area contributed by atoms with Gasteiger partial charge in [0.15, 0.2) is 0 Å². The lowest BCUT2D eigenvalue weighted by atomic mass is 10.2. The van der Waals surface area contributed by atoms with Crippen molar-refractivity contribution in [2.75, 3.05) is 11.9 Å². The number of nitrogens with one attached hydrogen (secondary N) is 1. The van der Waals surface area contributed by atoms with Gasteiger partial charge in [0.1, 0.15) is 0 Å². The molecule has 1 rings (SSSR count). The third-order valence-electron chi connectivity index (χ3n) is 1.93. The first-order valence-electron chi connectivity index (χ1n) is 5.17. The van der Waals surface area contributed by atoms with Crippen molar-refractivity contribution in [3.63, 3.8) is 0 Å². The zero-order chi connectivity index (χ0) is 12.9. The Morgan fingerprint density at radius 3 is 2.76 bits per heavy atom. The molecule has 1 atom stereocenters. The van der Waals surface area contributed by atoms with Gasteiger partial charge in [-0.05, 0) is 19.4 Å². The van der Waals surface area contributed by atoms with Crippen LogP contribution in [0.25, 0.3) is 0 Å². The van der Waals surface area contributed by atoms with Crippen LogP contribution >= 0.6 is 0 Å². The molecule has 0 fully saturated rings. The maximum atomic E-state index is 12.0. The molecular weight excluding hydrogens is 235 g/mol. The highest BCUT2D eigenvalue weighted by Gasteiger charge is 2.26. The molecule has 0 amide bonds. The molecule has 0 aromatic carbocycles. The fourth-order valence-electron chi connectivity index (χ4n) is 1.13. The number of aliphatic hydroxyl groups is 1. The van der Waals surface area contributed by atoms with Crippen LogP contribution in [0.1, 0.15) is 19.0 Å². The van der Waals surface area contributed by atoms with Gasteiger partial charge in [-0.15, -0.1) is 0 Å². The first-order chi connectivity index (χ1) is 7.87. The predicted molar refractivity (Wildman–Crippen MR) is 56.6 cm³/mol. The Labute approximate surface area is 96.9 Å². The molecule has 0 saturated carbocycles. The monoisotopic (exact) mass is 249 g/mol. The van der Waals surface area contributed by atoms with Crippen molar-refractivity contribution in [1.29, 1.82) is 0 Å². The number of rotatable bonds is 5. The van der Waals surface area contributed by atoms with Gasteiger partial charge in [-0.1, -0.05) is 0 Å². The van der Waals surface area contributed by atoms with E-state index in [0.717, 1.165) is 0 Å². The Balaban J connectivity index is 2.54. The summed E-state index contributed by atoms with van der Waals surface area (Å²) in [5.74, 6) is 0.227. The minimum absolute atomic E-state index is 0.171. The van der Waals surface area contributed by atoms with Gasteiger partial charge in [0.2, 0.25) is 5.95 Å². The van der Waals surface area contributed by atoms with Crippen molar-refractivity contribution in [2.45, 2.75) is 32.0 Å². The minimum Gasteiger partial charge on any atom is -0.392 e. The summed E-state index contributed by atoms with van der Waals surface area (Å²) in [5.41, 5.74) is 0.324. The van der Waals surface area contributed by atoms with Crippen LogP contribution in [0.5, 0.6) is 0 Å².